The molecular formula is C24H15F4N5. The number of aromatic nitrogens is 5. The molecule has 1 N–H and O–H groups in total. The fourth-order valence-corrected chi connectivity index (χ4v) is 3.65. The Morgan fingerprint density at radius 2 is 1.70 bits per heavy atom. The number of pyridine rings is 3. The van der Waals surface area contributed by atoms with E-state index in [0.717, 1.165) is 18.3 Å². The molecule has 1 aromatic carbocycles. The highest BCUT2D eigenvalue weighted by Crippen LogP contribution is 2.34. The maximum absolute atomic E-state index is 14.6. The second-order valence-electron chi connectivity index (χ2n) is 7.41. The van der Waals surface area contributed by atoms with Crippen molar-refractivity contribution in [3.8, 4) is 22.4 Å². The van der Waals surface area contributed by atoms with E-state index >= 15 is 0 Å². The van der Waals surface area contributed by atoms with Crippen LogP contribution >= 0.6 is 0 Å². The van der Waals surface area contributed by atoms with Gasteiger partial charge in [-0.2, -0.15) is 13.2 Å². The van der Waals surface area contributed by atoms with E-state index in [-0.39, 0.29) is 6.42 Å². The van der Waals surface area contributed by atoms with E-state index in [9.17, 15) is 17.6 Å². The summed E-state index contributed by atoms with van der Waals surface area (Å²) in [7, 11) is 0. The second kappa shape index (κ2) is 8.09. The molecule has 0 aliphatic carbocycles. The Morgan fingerprint density at radius 3 is 2.45 bits per heavy atom. The van der Waals surface area contributed by atoms with Crippen molar-refractivity contribution in [3.05, 3.63) is 96.1 Å². The van der Waals surface area contributed by atoms with Crippen LogP contribution in [0.1, 0.15) is 17.0 Å². The Hall–Kier alpha value is -4.14. The molecule has 4 heterocycles. The predicted molar refractivity (Wildman–Crippen MR) is 115 cm³/mol. The van der Waals surface area contributed by atoms with Gasteiger partial charge in [-0.15, -0.1) is 0 Å². The first-order chi connectivity index (χ1) is 15.9. The first-order valence-electron chi connectivity index (χ1n) is 9.94. The Morgan fingerprint density at radius 1 is 0.848 bits per heavy atom. The molecule has 0 saturated heterocycles. The minimum atomic E-state index is -4.42. The van der Waals surface area contributed by atoms with Gasteiger partial charge in [0, 0.05) is 41.7 Å². The van der Waals surface area contributed by atoms with Gasteiger partial charge in [-0.1, -0.05) is 18.2 Å². The molecule has 9 heteroatoms. The number of hydrogen-bond donors (Lipinski definition) is 1. The summed E-state index contributed by atoms with van der Waals surface area (Å²) in [6.07, 6.45) is 1.58. The average Bonchev–Trinajstić information content (AvgIpc) is 3.20. The lowest BCUT2D eigenvalue weighted by molar-refractivity contribution is -0.137. The molecule has 0 radical (unpaired) electrons. The third-order valence-electron chi connectivity index (χ3n) is 5.15. The summed E-state index contributed by atoms with van der Waals surface area (Å²) in [5, 5.41) is 0. The van der Waals surface area contributed by atoms with Crippen LogP contribution in [0.2, 0.25) is 0 Å². The first-order valence-corrected chi connectivity index (χ1v) is 9.94. The van der Waals surface area contributed by atoms with Crippen molar-refractivity contribution in [2.45, 2.75) is 12.6 Å². The van der Waals surface area contributed by atoms with Crippen LogP contribution in [-0.4, -0.2) is 24.9 Å². The normalized spacial score (nSPS) is 11.8. The Bertz CT molecular complexity index is 1440. The van der Waals surface area contributed by atoms with Gasteiger partial charge in [0.05, 0.1) is 23.0 Å². The zero-order chi connectivity index (χ0) is 23.0. The van der Waals surface area contributed by atoms with Crippen molar-refractivity contribution in [2.24, 2.45) is 0 Å². The van der Waals surface area contributed by atoms with Crippen molar-refractivity contribution in [1.29, 1.82) is 0 Å². The molecule has 0 spiro atoms. The summed E-state index contributed by atoms with van der Waals surface area (Å²) in [5.74, 6) is -0.0613. The molecule has 0 fully saturated rings. The number of nitrogens with zero attached hydrogens (tertiary/aromatic N) is 4. The van der Waals surface area contributed by atoms with Gasteiger partial charge in [0.2, 0.25) is 0 Å². The van der Waals surface area contributed by atoms with Crippen LogP contribution in [0.3, 0.4) is 0 Å². The molecule has 0 unspecified atom stereocenters. The lowest BCUT2D eigenvalue weighted by atomic mass is 10.0. The van der Waals surface area contributed by atoms with Gasteiger partial charge in [-0.3, -0.25) is 9.97 Å². The smallest absolute Gasteiger partial charge is 0.340 e. The number of alkyl halides is 3. The number of rotatable bonds is 4. The number of fused-ring (bicyclic) bond motifs is 1. The standard InChI is InChI=1S/C24H15F4N5/c25-19-13-30-8-6-17(19)18-11-20-23(33-22(18)15-4-2-7-29-12-15)32-21(31-20)10-14-3-1-5-16(9-14)24(26,27)28/h1-9,11-13H,10H2,(H,31,32,33). The number of H-pyrrole nitrogens is 1. The zero-order valence-electron chi connectivity index (χ0n) is 16.9. The molecule has 0 amide bonds. The van der Waals surface area contributed by atoms with Gasteiger partial charge in [0.15, 0.2) is 5.65 Å². The van der Waals surface area contributed by atoms with Crippen LogP contribution < -0.4 is 0 Å². The van der Waals surface area contributed by atoms with E-state index in [4.69, 9.17) is 0 Å². The molecule has 0 aliphatic rings. The Labute approximate surface area is 185 Å². The monoisotopic (exact) mass is 449 g/mol. The lowest BCUT2D eigenvalue weighted by Crippen LogP contribution is -2.05. The minimum Gasteiger partial charge on any atom is -0.340 e. The van der Waals surface area contributed by atoms with Crippen molar-refractivity contribution in [1.82, 2.24) is 24.9 Å². The van der Waals surface area contributed by atoms with E-state index in [1.165, 1.54) is 12.3 Å². The summed E-state index contributed by atoms with van der Waals surface area (Å²) >= 11 is 0. The zero-order valence-corrected chi connectivity index (χ0v) is 16.9. The van der Waals surface area contributed by atoms with Crippen LogP contribution in [-0.2, 0) is 12.6 Å². The van der Waals surface area contributed by atoms with Gasteiger partial charge in [0.1, 0.15) is 11.6 Å². The van der Waals surface area contributed by atoms with E-state index in [0.29, 0.717) is 44.9 Å². The summed E-state index contributed by atoms with van der Waals surface area (Å²) in [6, 6.07) is 11.9. The summed E-state index contributed by atoms with van der Waals surface area (Å²) < 4.78 is 53.7. The van der Waals surface area contributed by atoms with Gasteiger partial charge in [-0.25, -0.2) is 14.4 Å². The minimum absolute atomic E-state index is 0.154. The number of halogens is 4. The number of aromatic amines is 1. The van der Waals surface area contributed by atoms with Crippen LogP contribution in [0.15, 0.2) is 73.3 Å². The molecule has 0 atom stereocenters. The summed E-state index contributed by atoms with van der Waals surface area (Å²) in [4.78, 5) is 20.1. The second-order valence-corrected chi connectivity index (χ2v) is 7.41. The topological polar surface area (TPSA) is 67.3 Å². The number of hydrogen-bond acceptors (Lipinski definition) is 4. The van der Waals surface area contributed by atoms with Gasteiger partial charge >= 0.3 is 6.18 Å². The quantitative estimate of drug-likeness (QED) is 0.351. The summed E-state index contributed by atoms with van der Waals surface area (Å²) in [5.41, 5.74) is 2.63. The first kappa shape index (κ1) is 20.7. The molecule has 0 aliphatic heterocycles. The molecule has 164 valence electrons. The molecule has 5 nitrogen and oxygen atoms in total. The molecule has 5 rings (SSSR count). The van der Waals surface area contributed by atoms with Crippen molar-refractivity contribution < 1.29 is 17.6 Å². The highest BCUT2D eigenvalue weighted by molar-refractivity contribution is 5.88. The molecule has 33 heavy (non-hydrogen) atoms. The van der Waals surface area contributed by atoms with Crippen LogP contribution in [0.4, 0.5) is 17.6 Å². The molecule has 0 bridgehead atoms. The molecular weight excluding hydrogens is 434 g/mol. The Balaban J connectivity index is 1.61. The van der Waals surface area contributed by atoms with E-state index in [1.54, 1.807) is 42.7 Å². The number of benzene rings is 1. The highest BCUT2D eigenvalue weighted by atomic mass is 19.4. The predicted octanol–water partition coefficient (Wildman–Crippen LogP) is 5.83. The number of nitrogens with one attached hydrogen (secondary N) is 1. The SMILES string of the molecule is Fc1cnccc1-c1cc2[nH]c(Cc3cccc(C(F)(F)F)c3)nc2nc1-c1cccnc1. The van der Waals surface area contributed by atoms with Crippen molar-refractivity contribution >= 4 is 11.2 Å². The van der Waals surface area contributed by atoms with Crippen LogP contribution in [0, 0.1) is 5.82 Å². The third kappa shape index (κ3) is 4.17. The van der Waals surface area contributed by atoms with E-state index < -0.39 is 17.6 Å². The van der Waals surface area contributed by atoms with Gasteiger partial charge < -0.3 is 4.98 Å². The lowest BCUT2D eigenvalue weighted by Gasteiger charge is -2.09. The molecule has 4 aromatic heterocycles. The maximum Gasteiger partial charge on any atom is 0.416 e. The number of imidazole rings is 1. The van der Waals surface area contributed by atoms with Gasteiger partial charge in [0.25, 0.3) is 0 Å². The van der Waals surface area contributed by atoms with Crippen molar-refractivity contribution in [2.75, 3.05) is 0 Å². The Kier molecular flexibility index (Phi) is 5.08. The maximum atomic E-state index is 14.6. The molecule has 0 saturated carbocycles. The summed E-state index contributed by atoms with van der Waals surface area (Å²) in [6.45, 7) is 0. The molecule has 5 aromatic rings. The van der Waals surface area contributed by atoms with E-state index in [1.807, 2.05) is 0 Å². The fraction of sp³-hybridized carbons (Fsp3) is 0.0833. The average molecular weight is 449 g/mol. The van der Waals surface area contributed by atoms with Crippen LogP contribution in [0.25, 0.3) is 33.5 Å². The van der Waals surface area contributed by atoms with E-state index in [2.05, 4.69) is 24.9 Å². The third-order valence-corrected chi connectivity index (χ3v) is 5.15. The largest absolute Gasteiger partial charge is 0.416 e. The highest BCUT2D eigenvalue weighted by Gasteiger charge is 2.30. The van der Waals surface area contributed by atoms with Crippen molar-refractivity contribution in [3.63, 3.8) is 0 Å². The fourth-order valence-electron chi connectivity index (χ4n) is 3.65. The van der Waals surface area contributed by atoms with Crippen LogP contribution in [0.5, 0.6) is 0 Å². The van der Waals surface area contributed by atoms with Gasteiger partial charge in [-0.05, 0) is 35.9 Å².